The quantitative estimate of drug-likeness (QED) is 0.516. The molecule has 0 aromatic carbocycles. The molecule has 3 heteroatoms. The number of rotatable bonds is 7. The van der Waals surface area contributed by atoms with E-state index in [2.05, 4.69) is 25.3 Å². The highest BCUT2D eigenvalue weighted by molar-refractivity contribution is 5.27. The van der Waals surface area contributed by atoms with Crippen molar-refractivity contribution in [3.63, 3.8) is 0 Å². The largest absolute Gasteiger partial charge is 0.391 e. The van der Waals surface area contributed by atoms with Crippen LogP contribution in [0.4, 0.5) is 0 Å². The Morgan fingerprint density at radius 3 is 2.80 bits per heavy atom. The first-order chi connectivity index (χ1) is 7.24. The minimum atomic E-state index is -0.131. The SMILES string of the molecule is C=C(C#CC(CCCC)OCOC)CO. The fourth-order valence-corrected chi connectivity index (χ4v) is 0.959. The van der Waals surface area contributed by atoms with Crippen LogP contribution in [0, 0.1) is 11.8 Å². The smallest absolute Gasteiger partial charge is 0.148 e. The Bertz CT molecular complexity index is 217. The molecule has 15 heavy (non-hydrogen) atoms. The Labute approximate surface area is 92.1 Å². The molecule has 1 atom stereocenters. The van der Waals surface area contributed by atoms with Gasteiger partial charge in [0.15, 0.2) is 0 Å². The number of hydrogen-bond donors (Lipinski definition) is 1. The maximum atomic E-state index is 8.73. The van der Waals surface area contributed by atoms with E-state index in [9.17, 15) is 0 Å². The van der Waals surface area contributed by atoms with Gasteiger partial charge in [0, 0.05) is 12.7 Å². The zero-order valence-electron chi connectivity index (χ0n) is 9.58. The van der Waals surface area contributed by atoms with Crippen molar-refractivity contribution in [3.8, 4) is 11.8 Å². The summed E-state index contributed by atoms with van der Waals surface area (Å²) >= 11 is 0. The fraction of sp³-hybridized carbons (Fsp3) is 0.667. The Morgan fingerprint density at radius 2 is 2.27 bits per heavy atom. The first-order valence-corrected chi connectivity index (χ1v) is 5.15. The predicted molar refractivity (Wildman–Crippen MR) is 60.3 cm³/mol. The number of hydrogen-bond acceptors (Lipinski definition) is 3. The predicted octanol–water partition coefficient (Wildman–Crippen LogP) is 1.72. The molecule has 0 radical (unpaired) electrons. The summed E-state index contributed by atoms with van der Waals surface area (Å²) in [6, 6.07) is 0. The molecule has 1 unspecified atom stereocenters. The molecule has 0 aliphatic carbocycles. The van der Waals surface area contributed by atoms with Crippen LogP contribution in [0.3, 0.4) is 0 Å². The van der Waals surface area contributed by atoms with Gasteiger partial charge in [0.25, 0.3) is 0 Å². The zero-order chi connectivity index (χ0) is 11.5. The highest BCUT2D eigenvalue weighted by atomic mass is 16.7. The number of methoxy groups -OCH3 is 1. The summed E-state index contributed by atoms with van der Waals surface area (Å²) in [4.78, 5) is 0. The third-order valence-corrected chi connectivity index (χ3v) is 1.81. The van der Waals surface area contributed by atoms with Crippen molar-refractivity contribution in [3.05, 3.63) is 12.2 Å². The van der Waals surface area contributed by atoms with E-state index in [0.717, 1.165) is 19.3 Å². The zero-order valence-corrected chi connectivity index (χ0v) is 9.58. The van der Waals surface area contributed by atoms with E-state index in [1.165, 1.54) is 0 Å². The average Bonchev–Trinajstić information content (AvgIpc) is 2.27. The average molecular weight is 212 g/mol. The lowest BCUT2D eigenvalue weighted by molar-refractivity contribution is -0.0547. The van der Waals surface area contributed by atoms with E-state index >= 15 is 0 Å². The maximum absolute atomic E-state index is 8.73. The van der Waals surface area contributed by atoms with Gasteiger partial charge in [0.2, 0.25) is 0 Å². The second kappa shape index (κ2) is 9.72. The van der Waals surface area contributed by atoms with Crippen molar-refractivity contribution in [2.45, 2.75) is 32.3 Å². The molecule has 0 aliphatic heterocycles. The molecule has 0 rings (SSSR count). The van der Waals surface area contributed by atoms with Crippen LogP contribution in [0.15, 0.2) is 12.2 Å². The Kier molecular flexibility index (Phi) is 9.19. The van der Waals surface area contributed by atoms with Gasteiger partial charge in [-0.25, -0.2) is 0 Å². The van der Waals surface area contributed by atoms with Crippen molar-refractivity contribution in [2.24, 2.45) is 0 Å². The van der Waals surface area contributed by atoms with Crippen LogP contribution < -0.4 is 0 Å². The molecule has 0 fully saturated rings. The second-order valence-electron chi connectivity index (χ2n) is 3.24. The van der Waals surface area contributed by atoms with Crippen molar-refractivity contribution in [1.29, 1.82) is 0 Å². The van der Waals surface area contributed by atoms with E-state index in [1.807, 2.05) is 0 Å². The third kappa shape index (κ3) is 8.19. The molecule has 0 heterocycles. The summed E-state index contributed by atoms with van der Waals surface area (Å²) in [5.74, 6) is 5.70. The molecule has 0 saturated heterocycles. The van der Waals surface area contributed by atoms with Crippen molar-refractivity contribution in [2.75, 3.05) is 20.5 Å². The van der Waals surface area contributed by atoms with Gasteiger partial charge in [-0.3, -0.25) is 0 Å². The van der Waals surface area contributed by atoms with Crippen LogP contribution in [0.2, 0.25) is 0 Å². The molecule has 0 aromatic rings. The van der Waals surface area contributed by atoms with Crippen LogP contribution in [0.25, 0.3) is 0 Å². The first kappa shape index (κ1) is 14.2. The van der Waals surface area contributed by atoms with Crippen molar-refractivity contribution in [1.82, 2.24) is 0 Å². The second-order valence-corrected chi connectivity index (χ2v) is 3.24. The van der Waals surface area contributed by atoms with Crippen LogP contribution in [0.5, 0.6) is 0 Å². The molecule has 0 aromatic heterocycles. The normalized spacial score (nSPS) is 11.7. The van der Waals surface area contributed by atoms with Crippen LogP contribution >= 0.6 is 0 Å². The fourth-order valence-electron chi connectivity index (χ4n) is 0.959. The first-order valence-electron chi connectivity index (χ1n) is 5.15. The minimum absolute atomic E-state index is 0.0994. The third-order valence-electron chi connectivity index (χ3n) is 1.81. The summed E-state index contributed by atoms with van der Waals surface area (Å²) in [5.41, 5.74) is 0.512. The van der Waals surface area contributed by atoms with Gasteiger partial charge < -0.3 is 14.6 Å². The maximum Gasteiger partial charge on any atom is 0.148 e. The molecular weight excluding hydrogens is 192 g/mol. The Balaban J connectivity index is 4.07. The molecule has 0 saturated carbocycles. The lowest BCUT2D eigenvalue weighted by Gasteiger charge is -2.10. The minimum Gasteiger partial charge on any atom is -0.391 e. The van der Waals surface area contributed by atoms with Crippen LogP contribution in [-0.2, 0) is 9.47 Å². The highest BCUT2D eigenvalue weighted by Crippen LogP contribution is 2.04. The number of aliphatic hydroxyl groups excluding tert-OH is 1. The summed E-state index contributed by atoms with van der Waals surface area (Å²) < 4.78 is 10.2. The van der Waals surface area contributed by atoms with E-state index in [4.69, 9.17) is 14.6 Å². The standard InChI is InChI=1S/C12H20O3/c1-4-5-6-12(15-10-14-3)8-7-11(2)9-13/h12-13H,2,4-6,9-10H2,1,3H3. The monoisotopic (exact) mass is 212 g/mol. The van der Waals surface area contributed by atoms with Gasteiger partial charge in [-0.15, -0.1) is 0 Å². The van der Waals surface area contributed by atoms with E-state index in [1.54, 1.807) is 7.11 Å². The van der Waals surface area contributed by atoms with Gasteiger partial charge in [-0.05, 0) is 6.42 Å². The lowest BCUT2D eigenvalue weighted by Crippen LogP contribution is -2.12. The van der Waals surface area contributed by atoms with E-state index < -0.39 is 0 Å². The summed E-state index contributed by atoms with van der Waals surface area (Å²) in [5, 5.41) is 8.73. The number of aliphatic hydroxyl groups is 1. The van der Waals surface area contributed by atoms with Gasteiger partial charge in [-0.2, -0.15) is 0 Å². The molecule has 86 valence electrons. The van der Waals surface area contributed by atoms with Crippen molar-refractivity contribution >= 4 is 0 Å². The Hall–Kier alpha value is -0.820. The van der Waals surface area contributed by atoms with E-state index in [-0.39, 0.29) is 19.5 Å². The molecule has 0 bridgehead atoms. The van der Waals surface area contributed by atoms with Gasteiger partial charge in [0.05, 0.1) is 6.61 Å². The molecule has 0 spiro atoms. The summed E-state index contributed by atoms with van der Waals surface area (Å²) in [6.07, 6.45) is 2.92. The molecule has 0 amide bonds. The van der Waals surface area contributed by atoms with Gasteiger partial charge in [-0.1, -0.05) is 38.2 Å². The highest BCUT2D eigenvalue weighted by Gasteiger charge is 2.03. The summed E-state index contributed by atoms with van der Waals surface area (Å²) in [7, 11) is 1.58. The number of unbranched alkanes of at least 4 members (excludes halogenated alkanes) is 1. The van der Waals surface area contributed by atoms with Gasteiger partial charge in [0.1, 0.15) is 12.9 Å². The van der Waals surface area contributed by atoms with Gasteiger partial charge >= 0.3 is 0 Å². The topological polar surface area (TPSA) is 38.7 Å². The lowest BCUT2D eigenvalue weighted by atomic mass is 10.1. The Morgan fingerprint density at radius 1 is 1.53 bits per heavy atom. The molecule has 3 nitrogen and oxygen atoms in total. The van der Waals surface area contributed by atoms with Crippen LogP contribution in [0.1, 0.15) is 26.2 Å². The molecular formula is C12H20O3. The van der Waals surface area contributed by atoms with E-state index in [0.29, 0.717) is 5.57 Å². The number of ether oxygens (including phenoxy) is 2. The molecule has 0 aliphatic rings. The summed E-state index contributed by atoms with van der Waals surface area (Å²) in [6.45, 7) is 5.86. The van der Waals surface area contributed by atoms with Crippen molar-refractivity contribution < 1.29 is 14.6 Å². The van der Waals surface area contributed by atoms with Crippen LogP contribution in [-0.4, -0.2) is 31.7 Å². The molecule has 1 N–H and O–H groups in total.